The summed E-state index contributed by atoms with van der Waals surface area (Å²) < 4.78 is 2.36. The van der Waals surface area contributed by atoms with Crippen molar-refractivity contribution in [2.45, 2.75) is 59.2 Å². The van der Waals surface area contributed by atoms with Gasteiger partial charge in [-0.15, -0.1) is 0 Å². The molecule has 2 N–H and O–H groups in total. The highest BCUT2D eigenvalue weighted by atomic mass is 32.1. The summed E-state index contributed by atoms with van der Waals surface area (Å²) in [5.74, 6) is -0.0284. The van der Waals surface area contributed by atoms with Gasteiger partial charge in [0.25, 0.3) is 0 Å². The van der Waals surface area contributed by atoms with Crippen LogP contribution in [-0.4, -0.2) is 32.0 Å². The maximum absolute atomic E-state index is 12.8. The monoisotopic (exact) mass is 475 g/mol. The van der Waals surface area contributed by atoms with Crippen molar-refractivity contribution < 1.29 is 4.79 Å². The second-order valence-electron chi connectivity index (χ2n) is 9.27. The first kappa shape index (κ1) is 24.0. The molecule has 1 aromatic carbocycles. The zero-order chi connectivity index (χ0) is 24.4. The molecule has 1 saturated heterocycles. The third kappa shape index (κ3) is 4.85. The van der Waals surface area contributed by atoms with Crippen molar-refractivity contribution >= 4 is 28.9 Å². The van der Waals surface area contributed by atoms with Gasteiger partial charge in [-0.2, -0.15) is 0 Å². The van der Waals surface area contributed by atoms with Gasteiger partial charge in [0.15, 0.2) is 5.11 Å². The molecule has 1 amide bonds. The molecule has 178 valence electrons. The van der Waals surface area contributed by atoms with Crippen LogP contribution in [-0.2, 0) is 4.79 Å². The second-order valence-corrected chi connectivity index (χ2v) is 9.66. The van der Waals surface area contributed by atoms with Crippen LogP contribution >= 0.6 is 12.2 Å². The average molecular weight is 476 g/mol. The van der Waals surface area contributed by atoms with E-state index in [-0.39, 0.29) is 18.0 Å². The minimum Gasteiger partial charge on any atom is -0.352 e. The largest absolute Gasteiger partial charge is 0.352 e. The zero-order valence-corrected chi connectivity index (χ0v) is 21.3. The lowest BCUT2D eigenvalue weighted by molar-refractivity contribution is -0.116. The summed E-state index contributed by atoms with van der Waals surface area (Å²) in [5.41, 5.74) is 6.56. The standard InChI is InChI=1S/C27H33N5OS/c1-17(2)32-19(4)16-22(20(32)5)26-25(23-8-6-7-14-28-23)30-27(34)31(26)15-13-24(33)29-21-11-9-18(3)10-12-21/h6-12,14,16-17,25-26H,13,15H2,1-5H3,(H,29,33)(H,30,34)/t25-,26-/m0/s1. The van der Waals surface area contributed by atoms with Crippen molar-refractivity contribution in [3.05, 3.63) is 82.9 Å². The molecule has 2 aromatic heterocycles. The van der Waals surface area contributed by atoms with Gasteiger partial charge < -0.3 is 20.1 Å². The topological polar surface area (TPSA) is 62.2 Å². The van der Waals surface area contributed by atoms with Crippen LogP contribution in [0, 0.1) is 20.8 Å². The van der Waals surface area contributed by atoms with Gasteiger partial charge in [0.1, 0.15) is 0 Å². The number of hydrogen-bond donors (Lipinski definition) is 2. The lowest BCUT2D eigenvalue weighted by Gasteiger charge is -2.28. The summed E-state index contributed by atoms with van der Waals surface area (Å²) in [6, 6.07) is 16.3. The van der Waals surface area contributed by atoms with E-state index in [1.54, 1.807) is 0 Å². The van der Waals surface area contributed by atoms with Crippen LogP contribution in [0.2, 0.25) is 0 Å². The minimum absolute atomic E-state index is 0.0284. The molecule has 0 radical (unpaired) electrons. The average Bonchev–Trinajstić information content (AvgIpc) is 3.29. The first-order valence-electron chi connectivity index (χ1n) is 11.8. The summed E-state index contributed by atoms with van der Waals surface area (Å²) in [6.45, 7) is 11.3. The lowest BCUT2D eigenvalue weighted by atomic mass is 9.96. The van der Waals surface area contributed by atoms with E-state index in [2.05, 4.69) is 58.8 Å². The molecule has 0 spiro atoms. The van der Waals surface area contributed by atoms with E-state index in [9.17, 15) is 4.79 Å². The fourth-order valence-electron chi connectivity index (χ4n) is 4.96. The van der Waals surface area contributed by atoms with Crippen molar-refractivity contribution in [3.8, 4) is 0 Å². The number of aromatic nitrogens is 2. The van der Waals surface area contributed by atoms with Gasteiger partial charge in [-0.1, -0.05) is 23.8 Å². The predicted molar refractivity (Wildman–Crippen MR) is 141 cm³/mol. The molecule has 3 aromatic rings. The third-order valence-electron chi connectivity index (χ3n) is 6.47. The van der Waals surface area contributed by atoms with Crippen LogP contribution in [0.5, 0.6) is 0 Å². The van der Waals surface area contributed by atoms with E-state index in [4.69, 9.17) is 12.2 Å². The first-order chi connectivity index (χ1) is 16.3. The number of pyridine rings is 1. The molecule has 7 heteroatoms. The predicted octanol–water partition coefficient (Wildman–Crippen LogP) is 5.39. The Hall–Kier alpha value is -3.19. The summed E-state index contributed by atoms with van der Waals surface area (Å²) >= 11 is 5.77. The number of nitrogens with one attached hydrogen (secondary N) is 2. The highest BCUT2D eigenvalue weighted by Gasteiger charge is 2.41. The molecule has 1 fully saturated rings. The Labute approximate surface area is 207 Å². The molecular formula is C27H33N5OS. The Kier molecular flexibility index (Phi) is 7.03. The van der Waals surface area contributed by atoms with Crippen molar-refractivity contribution in [1.29, 1.82) is 0 Å². The van der Waals surface area contributed by atoms with Crippen LogP contribution in [0.4, 0.5) is 5.69 Å². The Morgan fingerprint density at radius 2 is 1.88 bits per heavy atom. The number of carbonyl (C=O) groups excluding carboxylic acids is 1. The van der Waals surface area contributed by atoms with Crippen LogP contribution in [0.1, 0.15) is 66.6 Å². The fraction of sp³-hybridized carbons (Fsp3) is 0.370. The second kappa shape index (κ2) is 9.97. The molecule has 0 unspecified atom stereocenters. The molecule has 0 aliphatic carbocycles. The van der Waals surface area contributed by atoms with Crippen molar-refractivity contribution in [1.82, 2.24) is 19.8 Å². The van der Waals surface area contributed by atoms with Crippen LogP contribution < -0.4 is 10.6 Å². The van der Waals surface area contributed by atoms with E-state index in [1.165, 1.54) is 17.0 Å². The highest BCUT2D eigenvalue weighted by molar-refractivity contribution is 7.80. The van der Waals surface area contributed by atoms with Crippen molar-refractivity contribution in [2.75, 3.05) is 11.9 Å². The number of benzene rings is 1. The Morgan fingerprint density at radius 1 is 1.15 bits per heavy atom. The third-order valence-corrected chi connectivity index (χ3v) is 6.82. The number of thiocarbonyl (C=S) groups is 1. The SMILES string of the molecule is Cc1ccc(NC(=O)CCN2C(=S)N[C@@H](c3ccccn3)[C@@H]2c2cc(C)n(C(C)C)c2C)cc1. The van der Waals surface area contributed by atoms with Gasteiger partial charge in [-0.05, 0) is 82.7 Å². The van der Waals surface area contributed by atoms with E-state index < -0.39 is 0 Å². The van der Waals surface area contributed by atoms with Gasteiger partial charge in [0.2, 0.25) is 5.91 Å². The van der Waals surface area contributed by atoms with Gasteiger partial charge in [-0.25, -0.2) is 0 Å². The maximum atomic E-state index is 12.8. The molecule has 2 atom stereocenters. The Balaban J connectivity index is 1.61. The molecule has 34 heavy (non-hydrogen) atoms. The van der Waals surface area contributed by atoms with Gasteiger partial charge in [0.05, 0.1) is 17.8 Å². The highest BCUT2D eigenvalue weighted by Crippen LogP contribution is 2.41. The summed E-state index contributed by atoms with van der Waals surface area (Å²) in [4.78, 5) is 19.5. The normalized spacial score (nSPS) is 17.8. The zero-order valence-electron chi connectivity index (χ0n) is 20.5. The van der Waals surface area contributed by atoms with Crippen LogP contribution in [0.15, 0.2) is 54.7 Å². The smallest absolute Gasteiger partial charge is 0.226 e. The number of amides is 1. The van der Waals surface area contributed by atoms with Crippen LogP contribution in [0.3, 0.4) is 0 Å². The van der Waals surface area contributed by atoms with E-state index in [0.29, 0.717) is 24.1 Å². The summed E-state index contributed by atoms with van der Waals surface area (Å²) in [5, 5.41) is 7.14. The maximum Gasteiger partial charge on any atom is 0.226 e. The number of rotatable bonds is 7. The van der Waals surface area contributed by atoms with Crippen molar-refractivity contribution in [2.24, 2.45) is 0 Å². The van der Waals surface area contributed by atoms with Crippen molar-refractivity contribution in [3.63, 3.8) is 0 Å². The molecule has 4 rings (SSSR count). The molecular weight excluding hydrogens is 442 g/mol. The lowest BCUT2D eigenvalue weighted by Crippen LogP contribution is -2.33. The summed E-state index contributed by atoms with van der Waals surface area (Å²) in [6.07, 6.45) is 2.15. The Morgan fingerprint density at radius 3 is 2.50 bits per heavy atom. The molecule has 1 aliphatic heterocycles. The molecule has 6 nitrogen and oxygen atoms in total. The van der Waals surface area contributed by atoms with E-state index >= 15 is 0 Å². The minimum atomic E-state index is -0.0880. The van der Waals surface area contributed by atoms with E-state index in [0.717, 1.165) is 16.9 Å². The first-order valence-corrected chi connectivity index (χ1v) is 12.2. The van der Waals surface area contributed by atoms with Gasteiger partial charge >= 0.3 is 0 Å². The molecule has 1 aliphatic rings. The molecule has 0 bridgehead atoms. The van der Waals surface area contributed by atoms with E-state index in [1.807, 2.05) is 55.6 Å². The number of aryl methyl sites for hydroxylation is 2. The number of carbonyl (C=O) groups is 1. The quantitative estimate of drug-likeness (QED) is 0.449. The summed E-state index contributed by atoms with van der Waals surface area (Å²) in [7, 11) is 0. The van der Waals surface area contributed by atoms with Gasteiger partial charge in [-0.3, -0.25) is 9.78 Å². The van der Waals surface area contributed by atoms with Crippen LogP contribution in [0.25, 0.3) is 0 Å². The fourth-order valence-corrected chi connectivity index (χ4v) is 5.30. The number of anilines is 1. The molecule has 3 heterocycles. The Bertz CT molecular complexity index is 1170. The number of nitrogens with zero attached hydrogens (tertiary/aromatic N) is 3. The molecule has 0 saturated carbocycles. The van der Waals surface area contributed by atoms with Gasteiger partial charge in [0, 0.05) is 42.3 Å². The number of hydrogen-bond acceptors (Lipinski definition) is 3.